The Morgan fingerprint density at radius 2 is 0.889 bits per heavy atom. The van der Waals surface area contributed by atoms with E-state index in [1.807, 2.05) is 35.3 Å². The number of thioether (sulfide) groups is 3. The van der Waals surface area contributed by atoms with E-state index >= 15 is 0 Å². The molecule has 0 unspecified atom stereocenters. The minimum absolute atomic E-state index is 1.15. The molecule has 3 nitrogen and oxygen atoms in total. The highest BCUT2D eigenvalue weighted by molar-refractivity contribution is 7.99. The number of nitrogens with zero attached hydrogens (tertiary/aromatic N) is 3. The lowest BCUT2D eigenvalue weighted by Crippen LogP contribution is -2.56. The second kappa shape index (κ2) is 10.7. The topological polar surface area (TPSA) is 9.72 Å². The van der Waals surface area contributed by atoms with Gasteiger partial charge in [-0.1, -0.05) is 0 Å². The fraction of sp³-hybridized carbons (Fsp3) is 1.00. The lowest BCUT2D eigenvalue weighted by Gasteiger charge is -2.42. The molecule has 0 aromatic carbocycles. The van der Waals surface area contributed by atoms with Crippen molar-refractivity contribution in [3.63, 3.8) is 0 Å². The molecule has 1 aliphatic rings. The van der Waals surface area contributed by atoms with Gasteiger partial charge in [-0.15, -0.1) is 0 Å². The summed E-state index contributed by atoms with van der Waals surface area (Å²) in [7, 11) is 0. The van der Waals surface area contributed by atoms with Gasteiger partial charge in [0.25, 0.3) is 0 Å². The molecule has 108 valence electrons. The first-order valence-corrected chi connectivity index (χ1v) is 10.6. The van der Waals surface area contributed by atoms with Crippen molar-refractivity contribution in [3.8, 4) is 0 Å². The largest absolute Gasteiger partial charge is 0.277 e. The number of rotatable bonds is 9. The highest BCUT2D eigenvalue weighted by atomic mass is 32.2. The van der Waals surface area contributed by atoms with Crippen LogP contribution in [-0.2, 0) is 0 Å². The Hall–Kier alpha value is 0.930. The zero-order valence-corrected chi connectivity index (χ0v) is 14.4. The summed E-state index contributed by atoms with van der Waals surface area (Å²) < 4.78 is 0. The van der Waals surface area contributed by atoms with Crippen LogP contribution in [0.1, 0.15) is 0 Å². The van der Waals surface area contributed by atoms with Gasteiger partial charge in [0.05, 0.1) is 20.0 Å². The SMILES string of the molecule is CSCCN1CN(CCSC)CN(CCSC)C1. The Bertz CT molecular complexity index is 168. The van der Waals surface area contributed by atoms with Gasteiger partial charge in [-0.3, -0.25) is 14.7 Å². The van der Waals surface area contributed by atoms with Crippen molar-refractivity contribution in [2.75, 3.05) is 75.7 Å². The molecule has 0 aliphatic carbocycles. The zero-order chi connectivity index (χ0) is 13.2. The van der Waals surface area contributed by atoms with Crippen LogP contribution in [0.2, 0.25) is 0 Å². The van der Waals surface area contributed by atoms with Crippen molar-refractivity contribution in [3.05, 3.63) is 0 Å². The Balaban J connectivity index is 2.38. The second-order valence-electron chi connectivity index (χ2n) is 4.59. The molecule has 0 amide bonds. The summed E-state index contributed by atoms with van der Waals surface area (Å²) in [5.74, 6) is 3.73. The zero-order valence-electron chi connectivity index (χ0n) is 11.9. The molecule has 18 heavy (non-hydrogen) atoms. The highest BCUT2D eigenvalue weighted by Crippen LogP contribution is 2.10. The van der Waals surface area contributed by atoms with Crippen LogP contribution in [0, 0.1) is 0 Å². The van der Waals surface area contributed by atoms with Crippen LogP contribution >= 0.6 is 35.3 Å². The van der Waals surface area contributed by atoms with Crippen LogP contribution in [0.4, 0.5) is 0 Å². The van der Waals surface area contributed by atoms with Crippen LogP contribution in [0.5, 0.6) is 0 Å². The van der Waals surface area contributed by atoms with Crippen LogP contribution < -0.4 is 0 Å². The Labute approximate surface area is 125 Å². The molecule has 1 heterocycles. The maximum absolute atomic E-state index is 2.58. The van der Waals surface area contributed by atoms with E-state index in [9.17, 15) is 0 Å². The molecular weight excluding hydrogens is 282 g/mol. The van der Waals surface area contributed by atoms with Gasteiger partial charge in [-0.25, -0.2) is 0 Å². The lowest BCUT2D eigenvalue weighted by atomic mass is 10.4. The molecule has 0 aromatic heterocycles. The molecule has 0 atom stereocenters. The predicted molar refractivity (Wildman–Crippen MR) is 89.9 cm³/mol. The van der Waals surface area contributed by atoms with E-state index in [-0.39, 0.29) is 0 Å². The van der Waals surface area contributed by atoms with E-state index in [1.165, 1.54) is 36.9 Å². The van der Waals surface area contributed by atoms with E-state index in [0.717, 1.165) is 20.0 Å². The fourth-order valence-corrected chi connectivity index (χ4v) is 3.39. The molecule has 1 rings (SSSR count). The highest BCUT2D eigenvalue weighted by Gasteiger charge is 2.22. The second-order valence-corrected chi connectivity index (χ2v) is 7.54. The van der Waals surface area contributed by atoms with Crippen molar-refractivity contribution in [1.29, 1.82) is 0 Å². The van der Waals surface area contributed by atoms with Crippen molar-refractivity contribution in [1.82, 2.24) is 14.7 Å². The normalized spacial score (nSPS) is 19.5. The average molecular weight is 310 g/mol. The van der Waals surface area contributed by atoms with Gasteiger partial charge in [0.1, 0.15) is 0 Å². The third kappa shape index (κ3) is 6.91. The monoisotopic (exact) mass is 309 g/mol. The van der Waals surface area contributed by atoms with E-state index in [4.69, 9.17) is 0 Å². The van der Waals surface area contributed by atoms with Gasteiger partial charge >= 0.3 is 0 Å². The minimum Gasteiger partial charge on any atom is -0.277 e. The van der Waals surface area contributed by atoms with Crippen molar-refractivity contribution in [2.45, 2.75) is 0 Å². The Kier molecular flexibility index (Phi) is 10.1. The molecule has 0 bridgehead atoms. The molecule has 1 saturated heterocycles. The molecule has 6 heteroatoms. The van der Waals surface area contributed by atoms with E-state index < -0.39 is 0 Å². The first-order chi connectivity index (χ1) is 8.80. The van der Waals surface area contributed by atoms with E-state index in [1.54, 1.807) is 0 Å². The van der Waals surface area contributed by atoms with E-state index in [2.05, 4.69) is 33.5 Å². The van der Waals surface area contributed by atoms with Crippen molar-refractivity contribution >= 4 is 35.3 Å². The Morgan fingerprint density at radius 1 is 0.611 bits per heavy atom. The molecule has 1 aliphatic heterocycles. The third-order valence-electron chi connectivity index (χ3n) is 3.03. The number of hydrogen-bond acceptors (Lipinski definition) is 6. The molecule has 0 aromatic rings. The third-order valence-corrected chi connectivity index (χ3v) is 4.81. The van der Waals surface area contributed by atoms with Crippen LogP contribution in [0.3, 0.4) is 0 Å². The molecule has 0 spiro atoms. The van der Waals surface area contributed by atoms with Gasteiger partial charge in [-0.05, 0) is 18.8 Å². The summed E-state index contributed by atoms with van der Waals surface area (Å²) in [6, 6.07) is 0. The maximum atomic E-state index is 2.58. The van der Waals surface area contributed by atoms with Crippen LogP contribution in [0.25, 0.3) is 0 Å². The van der Waals surface area contributed by atoms with Gasteiger partial charge in [0, 0.05) is 36.9 Å². The summed E-state index contributed by atoms with van der Waals surface area (Å²) >= 11 is 5.84. The van der Waals surface area contributed by atoms with E-state index in [0.29, 0.717) is 0 Å². The quantitative estimate of drug-likeness (QED) is 0.639. The van der Waals surface area contributed by atoms with Gasteiger partial charge in [-0.2, -0.15) is 35.3 Å². The summed E-state index contributed by atoms with van der Waals surface area (Å²) in [5, 5.41) is 0. The Morgan fingerprint density at radius 3 is 1.11 bits per heavy atom. The predicted octanol–water partition coefficient (Wildman–Crippen LogP) is 1.87. The minimum atomic E-state index is 1.15. The summed E-state index contributed by atoms with van der Waals surface area (Å²) in [4.78, 5) is 7.75. The lowest BCUT2D eigenvalue weighted by molar-refractivity contribution is -0.0195. The first kappa shape index (κ1) is 17.0. The summed E-state index contributed by atoms with van der Waals surface area (Å²) in [5.41, 5.74) is 0. The van der Waals surface area contributed by atoms with Crippen molar-refractivity contribution < 1.29 is 0 Å². The summed E-state index contributed by atoms with van der Waals surface area (Å²) in [6.07, 6.45) is 6.59. The smallest absolute Gasteiger partial charge is 0.0530 e. The van der Waals surface area contributed by atoms with Gasteiger partial charge in [0.2, 0.25) is 0 Å². The maximum Gasteiger partial charge on any atom is 0.0530 e. The molecule has 0 radical (unpaired) electrons. The molecule has 0 N–H and O–H groups in total. The standard InChI is InChI=1S/C12H27N3S3/c1-16-7-4-13-10-14(5-8-17-2)12-15(11-13)6-9-18-3/h4-12H2,1-3H3. The summed E-state index contributed by atoms with van der Waals surface area (Å²) in [6.45, 7) is 7.09. The van der Waals surface area contributed by atoms with Crippen molar-refractivity contribution in [2.24, 2.45) is 0 Å². The van der Waals surface area contributed by atoms with Crippen LogP contribution in [0.15, 0.2) is 0 Å². The van der Waals surface area contributed by atoms with Gasteiger partial charge < -0.3 is 0 Å². The fourth-order valence-electron chi connectivity index (χ4n) is 2.07. The number of hydrogen-bond donors (Lipinski definition) is 0. The molecular formula is C12H27N3S3. The molecule has 1 fully saturated rings. The van der Waals surface area contributed by atoms with Crippen LogP contribution in [-0.4, -0.2) is 90.4 Å². The van der Waals surface area contributed by atoms with Gasteiger partial charge in [0.15, 0.2) is 0 Å². The average Bonchev–Trinajstić information content (AvgIpc) is 2.40. The first-order valence-electron chi connectivity index (χ1n) is 6.44. The molecule has 0 saturated carbocycles.